The van der Waals surface area contributed by atoms with E-state index in [2.05, 4.69) is 10.2 Å². The van der Waals surface area contributed by atoms with Crippen LogP contribution in [0.2, 0.25) is 0 Å². The zero-order valence-electron chi connectivity index (χ0n) is 15.0. The number of hydrogen-bond donors (Lipinski definition) is 1. The molecule has 1 aromatic rings. The van der Waals surface area contributed by atoms with Crippen molar-refractivity contribution >= 4 is 11.8 Å². The quantitative estimate of drug-likeness (QED) is 0.863. The van der Waals surface area contributed by atoms with Crippen molar-refractivity contribution in [2.45, 2.75) is 45.1 Å². The highest BCUT2D eigenvalue weighted by Crippen LogP contribution is 2.14. The molecular formula is C20H29N3O2. The van der Waals surface area contributed by atoms with Crippen LogP contribution in [0.25, 0.3) is 0 Å². The molecule has 5 heteroatoms. The van der Waals surface area contributed by atoms with Crippen LogP contribution in [0.15, 0.2) is 24.3 Å². The van der Waals surface area contributed by atoms with E-state index in [1.54, 1.807) is 0 Å². The molecule has 0 radical (unpaired) electrons. The number of amides is 2. The lowest BCUT2D eigenvalue weighted by Gasteiger charge is -2.26. The van der Waals surface area contributed by atoms with Gasteiger partial charge in [0.25, 0.3) is 5.91 Å². The summed E-state index contributed by atoms with van der Waals surface area (Å²) in [7, 11) is 0. The van der Waals surface area contributed by atoms with Crippen molar-refractivity contribution in [2.75, 3.05) is 32.7 Å². The van der Waals surface area contributed by atoms with Crippen molar-refractivity contribution in [2.24, 2.45) is 0 Å². The zero-order valence-corrected chi connectivity index (χ0v) is 15.0. The van der Waals surface area contributed by atoms with Gasteiger partial charge >= 0.3 is 0 Å². The molecule has 0 saturated carbocycles. The Bertz CT molecular complexity index is 573. The number of carbonyl (C=O) groups is 2. The standard InChI is InChI=1S/C20H29N3O2/c24-19(23-14-4-5-15-23)10-11-21-20(25)18-8-6-17(7-9-18)16-22-12-2-1-3-13-22/h6-9H,1-5,10-16H2,(H,21,25). The molecule has 0 aliphatic carbocycles. The molecule has 0 aromatic heterocycles. The number of nitrogens with zero attached hydrogens (tertiary/aromatic N) is 2. The molecule has 2 heterocycles. The summed E-state index contributed by atoms with van der Waals surface area (Å²) in [5.41, 5.74) is 1.92. The van der Waals surface area contributed by atoms with Crippen molar-refractivity contribution < 1.29 is 9.59 Å². The van der Waals surface area contributed by atoms with Gasteiger partial charge in [-0.15, -0.1) is 0 Å². The van der Waals surface area contributed by atoms with Gasteiger partial charge in [0.2, 0.25) is 5.91 Å². The lowest BCUT2D eigenvalue weighted by Crippen LogP contribution is -2.32. The summed E-state index contributed by atoms with van der Waals surface area (Å²) in [6, 6.07) is 7.85. The average molecular weight is 343 g/mol. The van der Waals surface area contributed by atoms with E-state index >= 15 is 0 Å². The zero-order chi connectivity index (χ0) is 17.5. The summed E-state index contributed by atoms with van der Waals surface area (Å²) < 4.78 is 0. The molecule has 2 saturated heterocycles. The second-order valence-corrected chi connectivity index (χ2v) is 7.13. The van der Waals surface area contributed by atoms with Gasteiger partial charge < -0.3 is 10.2 Å². The first-order valence-electron chi connectivity index (χ1n) is 9.60. The minimum Gasteiger partial charge on any atom is -0.352 e. The molecule has 5 nitrogen and oxygen atoms in total. The van der Waals surface area contributed by atoms with E-state index in [1.807, 2.05) is 29.2 Å². The second kappa shape index (κ2) is 8.99. The predicted octanol–water partition coefficient (Wildman–Crippen LogP) is 2.41. The van der Waals surface area contributed by atoms with Gasteiger partial charge in [0, 0.05) is 38.2 Å². The Morgan fingerprint density at radius 1 is 0.880 bits per heavy atom. The largest absolute Gasteiger partial charge is 0.352 e. The number of piperidine rings is 1. The van der Waals surface area contributed by atoms with E-state index in [0.717, 1.165) is 32.5 Å². The van der Waals surface area contributed by atoms with Crippen LogP contribution >= 0.6 is 0 Å². The number of nitrogens with one attached hydrogen (secondary N) is 1. The van der Waals surface area contributed by atoms with Gasteiger partial charge in [-0.25, -0.2) is 0 Å². The molecular weight excluding hydrogens is 314 g/mol. The van der Waals surface area contributed by atoms with Crippen LogP contribution in [0.1, 0.15) is 54.4 Å². The van der Waals surface area contributed by atoms with Crippen molar-refractivity contribution in [3.63, 3.8) is 0 Å². The van der Waals surface area contributed by atoms with E-state index in [1.165, 1.54) is 37.9 Å². The normalized spacial score (nSPS) is 18.3. The van der Waals surface area contributed by atoms with Crippen LogP contribution in [0.3, 0.4) is 0 Å². The van der Waals surface area contributed by atoms with Gasteiger partial charge in [0.1, 0.15) is 0 Å². The first-order chi connectivity index (χ1) is 12.2. The fraction of sp³-hybridized carbons (Fsp3) is 0.600. The third-order valence-electron chi connectivity index (χ3n) is 5.15. The van der Waals surface area contributed by atoms with E-state index < -0.39 is 0 Å². The highest BCUT2D eigenvalue weighted by atomic mass is 16.2. The SMILES string of the molecule is O=C(NCCC(=O)N1CCCC1)c1ccc(CN2CCCCC2)cc1. The van der Waals surface area contributed by atoms with Gasteiger partial charge in [0.05, 0.1) is 0 Å². The number of rotatable bonds is 6. The monoisotopic (exact) mass is 343 g/mol. The maximum Gasteiger partial charge on any atom is 0.251 e. The topological polar surface area (TPSA) is 52.7 Å². The third-order valence-corrected chi connectivity index (χ3v) is 5.15. The molecule has 3 rings (SSSR count). The van der Waals surface area contributed by atoms with Crippen molar-refractivity contribution in [1.82, 2.24) is 15.1 Å². The lowest BCUT2D eigenvalue weighted by molar-refractivity contribution is -0.129. The molecule has 1 N–H and O–H groups in total. The van der Waals surface area contributed by atoms with Crippen molar-refractivity contribution in [3.8, 4) is 0 Å². The molecule has 2 fully saturated rings. The molecule has 0 spiro atoms. The molecule has 1 aromatic carbocycles. The predicted molar refractivity (Wildman–Crippen MR) is 98.3 cm³/mol. The minimum atomic E-state index is -0.0984. The molecule has 25 heavy (non-hydrogen) atoms. The minimum absolute atomic E-state index is 0.0984. The molecule has 0 bridgehead atoms. The fourth-order valence-corrected chi connectivity index (χ4v) is 3.65. The van der Waals surface area contributed by atoms with Gasteiger partial charge in [-0.1, -0.05) is 18.6 Å². The number of carbonyl (C=O) groups excluding carboxylic acids is 2. The molecule has 0 unspecified atom stereocenters. The van der Waals surface area contributed by atoms with Crippen LogP contribution in [0, 0.1) is 0 Å². The maximum atomic E-state index is 12.2. The van der Waals surface area contributed by atoms with Gasteiger partial charge in [-0.05, 0) is 56.5 Å². The Kier molecular flexibility index (Phi) is 6.45. The van der Waals surface area contributed by atoms with Crippen LogP contribution in [0.4, 0.5) is 0 Å². The summed E-state index contributed by atoms with van der Waals surface area (Å²) in [4.78, 5) is 28.5. The van der Waals surface area contributed by atoms with E-state index in [0.29, 0.717) is 18.5 Å². The van der Waals surface area contributed by atoms with Gasteiger partial charge in [0.15, 0.2) is 0 Å². The summed E-state index contributed by atoms with van der Waals surface area (Å²) in [6.45, 7) is 5.45. The fourth-order valence-electron chi connectivity index (χ4n) is 3.65. The summed E-state index contributed by atoms with van der Waals surface area (Å²) in [5.74, 6) is 0.0495. The first kappa shape index (κ1) is 17.9. The van der Waals surface area contributed by atoms with Gasteiger partial charge in [-0.3, -0.25) is 14.5 Å². The maximum absolute atomic E-state index is 12.2. The Morgan fingerprint density at radius 3 is 2.20 bits per heavy atom. The van der Waals surface area contributed by atoms with Crippen molar-refractivity contribution in [1.29, 1.82) is 0 Å². The Balaban J connectivity index is 1.41. The van der Waals surface area contributed by atoms with Gasteiger partial charge in [-0.2, -0.15) is 0 Å². The average Bonchev–Trinajstić information content (AvgIpc) is 3.18. The smallest absolute Gasteiger partial charge is 0.251 e. The molecule has 2 aliphatic heterocycles. The highest BCUT2D eigenvalue weighted by molar-refractivity contribution is 5.94. The van der Waals surface area contributed by atoms with E-state index in [9.17, 15) is 9.59 Å². The lowest BCUT2D eigenvalue weighted by atomic mass is 10.1. The molecule has 2 aliphatic rings. The molecule has 2 amide bonds. The Morgan fingerprint density at radius 2 is 1.52 bits per heavy atom. The van der Waals surface area contributed by atoms with E-state index in [-0.39, 0.29) is 11.8 Å². The summed E-state index contributed by atoms with van der Waals surface area (Å²) in [5, 5.41) is 2.86. The van der Waals surface area contributed by atoms with Crippen LogP contribution < -0.4 is 5.32 Å². The Labute approximate surface area is 150 Å². The van der Waals surface area contributed by atoms with Crippen LogP contribution in [0.5, 0.6) is 0 Å². The van der Waals surface area contributed by atoms with Crippen LogP contribution in [-0.4, -0.2) is 54.3 Å². The number of hydrogen-bond acceptors (Lipinski definition) is 3. The number of benzene rings is 1. The Hall–Kier alpha value is -1.88. The summed E-state index contributed by atoms with van der Waals surface area (Å²) in [6.07, 6.45) is 6.51. The van der Waals surface area contributed by atoms with E-state index in [4.69, 9.17) is 0 Å². The molecule has 0 atom stereocenters. The number of likely N-dealkylation sites (tertiary alicyclic amines) is 2. The summed E-state index contributed by atoms with van der Waals surface area (Å²) >= 11 is 0. The molecule has 136 valence electrons. The van der Waals surface area contributed by atoms with Crippen molar-refractivity contribution in [3.05, 3.63) is 35.4 Å². The first-order valence-corrected chi connectivity index (χ1v) is 9.60. The highest BCUT2D eigenvalue weighted by Gasteiger charge is 2.17. The second-order valence-electron chi connectivity index (χ2n) is 7.13. The van der Waals surface area contributed by atoms with Crippen LogP contribution in [-0.2, 0) is 11.3 Å². The third kappa shape index (κ3) is 5.30.